The molecular formula is C9H13NO3. The number of ether oxygens (including phenoxy) is 1. The molecule has 0 aliphatic heterocycles. The Bertz CT molecular complexity index is 304. The molecule has 0 saturated heterocycles. The monoisotopic (exact) mass is 183 g/mol. The van der Waals surface area contributed by atoms with Crippen molar-refractivity contribution in [2.45, 2.75) is 13.0 Å². The number of aromatic nitrogens is 1. The largest absolute Gasteiger partial charge is 0.481 e. The van der Waals surface area contributed by atoms with Crippen LogP contribution in [-0.4, -0.2) is 22.8 Å². The van der Waals surface area contributed by atoms with Crippen molar-refractivity contribution in [2.75, 3.05) is 7.11 Å². The molecule has 72 valence electrons. The third-order valence-electron chi connectivity index (χ3n) is 1.95. The van der Waals surface area contributed by atoms with Crippen LogP contribution in [0, 0.1) is 0 Å². The maximum Gasteiger partial charge on any atom is 0.309 e. The fourth-order valence-corrected chi connectivity index (χ4v) is 1.23. The maximum atomic E-state index is 10.4. The van der Waals surface area contributed by atoms with E-state index in [-0.39, 0.29) is 6.42 Å². The number of hydrogen-bond donors (Lipinski definition) is 1. The molecule has 0 fully saturated rings. The summed E-state index contributed by atoms with van der Waals surface area (Å²) in [5.41, 5.74) is 1.78. The fraction of sp³-hybridized carbons (Fsp3) is 0.444. The van der Waals surface area contributed by atoms with Crippen molar-refractivity contribution in [1.82, 2.24) is 4.57 Å². The van der Waals surface area contributed by atoms with Crippen LogP contribution in [0.3, 0.4) is 0 Å². The highest BCUT2D eigenvalue weighted by Gasteiger charge is 2.07. The van der Waals surface area contributed by atoms with Gasteiger partial charge in [0.2, 0.25) is 0 Å². The topological polar surface area (TPSA) is 51.5 Å². The molecular weight excluding hydrogens is 170 g/mol. The van der Waals surface area contributed by atoms with Gasteiger partial charge in [0.15, 0.2) is 0 Å². The van der Waals surface area contributed by atoms with Crippen LogP contribution in [0.5, 0.6) is 0 Å². The molecule has 1 N–H and O–H groups in total. The van der Waals surface area contributed by atoms with Gasteiger partial charge in [0.1, 0.15) is 0 Å². The zero-order valence-electron chi connectivity index (χ0n) is 7.78. The Balaban J connectivity index is 2.79. The maximum absolute atomic E-state index is 10.4. The molecule has 0 radical (unpaired) electrons. The van der Waals surface area contributed by atoms with Gasteiger partial charge in [-0.3, -0.25) is 4.79 Å². The number of carbonyl (C=O) groups is 1. The minimum absolute atomic E-state index is 0.0558. The lowest BCUT2D eigenvalue weighted by molar-refractivity contribution is -0.136. The van der Waals surface area contributed by atoms with Gasteiger partial charge in [-0.05, 0) is 12.1 Å². The van der Waals surface area contributed by atoms with Gasteiger partial charge in [-0.1, -0.05) is 0 Å². The van der Waals surface area contributed by atoms with Gasteiger partial charge in [0.05, 0.1) is 13.0 Å². The van der Waals surface area contributed by atoms with Gasteiger partial charge in [0.25, 0.3) is 0 Å². The minimum atomic E-state index is -0.815. The van der Waals surface area contributed by atoms with Gasteiger partial charge in [-0.15, -0.1) is 0 Å². The molecule has 0 unspecified atom stereocenters. The first-order valence-electron chi connectivity index (χ1n) is 3.99. The second-order valence-corrected chi connectivity index (χ2v) is 2.88. The molecule has 1 aromatic heterocycles. The van der Waals surface area contributed by atoms with E-state index in [4.69, 9.17) is 9.84 Å². The second kappa shape index (κ2) is 4.09. The first kappa shape index (κ1) is 9.80. The molecule has 0 aliphatic rings. The lowest BCUT2D eigenvalue weighted by Gasteiger charge is -2.04. The number of carboxylic acids is 1. The van der Waals surface area contributed by atoms with E-state index in [2.05, 4.69) is 0 Å². The third kappa shape index (κ3) is 2.32. The average molecular weight is 183 g/mol. The lowest BCUT2D eigenvalue weighted by Crippen LogP contribution is -2.07. The van der Waals surface area contributed by atoms with Crippen LogP contribution < -0.4 is 0 Å². The predicted molar refractivity (Wildman–Crippen MR) is 47.5 cm³/mol. The van der Waals surface area contributed by atoms with Gasteiger partial charge >= 0.3 is 5.97 Å². The van der Waals surface area contributed by atoms with E-state index in [0.717, 1.165) is 11.4 Å². The summed E-state index contributed by atoms with van der Waals surface area (Å²) < 4.78 is 6.80. The number of aliphatic carboxylic acids is 1. The van der Waals surface area contributed by atoms with Crippen molar-refractivity contribution in [2.24, 2.45) is 7.05 Å². The Hall–Kier alpha value is -1.29. The molecule has 0 bridgehead atoms. The highest BCUT2D eigenvalue weighted by atomic mass is 16.5. The Morgan fingerprint density at radius 3 is 2.69 bits per heavy atom. The van der Waals surface area contributed by atoms with Gasteiger partial charge < -0.3 is 14.4 Å². The van der Waals surface area contributed by atoms with Crippen LogP contribution in [0.4, 0.5) is 0 Å². The average Bonchev–Trinajstić information content (AvgIpc) is 2.36. The Morgan fingerprint density at radius 2 is 2.15 bits per heavy atom. The molecule has 13 heavy (non-hydrogen) atoms. The summed E-state index contributed by atoms with van der Waals surface area (Å²) >= 11 is 0. The Labute approximate surface area is 76.7 Å². The van der Waals surface area contributed by atoms with Crippen LogP contribution in [0.25, 0.3) is 0 Å². The van der Waals surface area contributed by atoms with E-state index in [9.17, 15) is 4.79 Å². The zero-order valence-corrected chi connectivity index (χ0v) is 7.78. The molecule has 0 spiro atoms. The van der Waals surface area contributed by atoms with Crippen molar-refractivity contribution in [3.8, 4) is 0 Å². The highest BCUT2D eigenvalue weighted by Crippen LogP contribution is 2.08. The van der Waals surface area contributed by atoms with Crippen LogP contribution in [0.2, 0.25) is 0 Å². The molecule has 4 nitrogen and oxygen atoms in total. The van der Waals surface area contributed by atoms with Crippen LogP contribution in [0.1, 0.15) is 11.4 Å². The van der Waals surface area contributed by atoms with Gasteiger partial charge in [-0.2, -0.15) is 0 Å². The van der Waals surface area contributed by atoms with E-state index in [1.807, 2.05) is 23.7 Å². The van der Waals surface area contributed by atoms with Crippen LogP contribution in [-0.2, 0) is 29.6 Å². The summed E-state index contributed by atoms with van der Waals surface area (Å²) in [6.07, 6.45) is 0.0558. The molecule has 1 heterocycles. The van der Waals surface area contributed by atoms with Crippen molar-refractivity contribution in [1.29, 1.82) is 0 Å². The first-order chi connectivity index (χ1) is 6.15. The number of carboxylic acid groups (broad SMARTS) is 1. The van der Waals surface area contributed by atoms with E-state index >= 15 is 0 Å². The van der Waals surface area contributed by atoms with Gasteiger partial charge in [0, 0.05) is 25.5 Å². The molecule has 0 saturated carbocycles. The lowest BCUT2D eigenvalue weighted by atomic mass is 10.3. The smallest absolute Gasteiger partial charge is 0.309 e. The van der Waals surface area contributed by atoms with Crippen LogP contribution >= 0.6 is 0 Å². The summed E-state index contributed by atoms with van der Waals surface area (Å²) in [4.78, 5) is 10.4. The normalized spacial score (nSPS) is 10.3. The molecule has 4 heteroatoms. The Kier molecular flexibility index (Phi) is 3.08. The number of hydrogen-bond acceptors (Lipinski definition) is 2. The zero-order chi connectivity index (χ0) is 9.84. The number of methoxy groups -OCH3 is 1. The summed E-state index contributed by atoms with van der Waals surface area (Å²) in [6, 6.07) is 3.68. The van der Waals surface area contributed by atoms with Crippen molar-refractivity contribution >= 4 is 5.97 Å². The van der Waals surface area contributed by atoms with E-state index in [1.54, 1.807) is 7.11 Å². The summed E-state index contributed by atoms with van der Waals surface area (Å²) in [7, 11) is 3.45. The summed E-state index contributed by atoms with van der Waals surface area (Å²) in [6.45, 7) is 0.510. The standard InChI is InChI=1S/C9H13NO3/c1-10-7(5-9(11)12)3-4-8(10)6-13-2/h3-4H,5-6H2,1-2H3,(H,11,12). The molecule has 0 amide bonds. The van der Waals surface area contributed by atoms with Crippen molar-refractivity contribution in [3.63, 3.8) is 0 Å². The quantitative estimate of drug-likeness (QED) is 0.751. The second-order valence-electron chi connectivity index (χ2n) is 2.88. The molecule has 0 atom stereocenters. The van der Waals surface area contributed by atoms with Crippen LogP contribution in [0.15, 0.2) is 12.1 Å². The summed E-state index contributed by atoms with van der Waals surface area (Å²) in [5, 5.41) is 8.59. The SMILES string of the molecule is COCc1ccc(CC(=O)O)n1C. The minimum Gasteiger partial charge on any atom is -0.481 e. The molecule has 0 aliphatic carbocycles. The van der Waals surface area contributed by atoms with Crippen molar-refractivity contribution < 1.29 is 14.6 Å². The Morgan fingerprint density at radius 1 is 1.54 bits per heavy atom. The summed E-state index contributed by atoms with van der Waals surface area (Å²) in [5.74, 6) is -0.815. The highest BCUT2D eigenvalue weighted by molar-refractivity contribution is 5.69. The van der Waals surface area contributed by atoms with E-state index in [0.29, 0.717) is 6.61 Å². The fourth-order valence-electron chi connectivity index (χ4n) is 1.23. The first-order valence-corrected chi connectivity index (χ1v) is 3.99. The van der Waals surface area contributed by atoms with Crippen molar-refractivity contribution in [3.05, 3.63) is 23.5 Å². The molecule has 1 aromatic rings. The van der Waals surface area contributed by atoms with Gasteiger partial charge in [-0.25, -0.2) is 0 Å². The third-order valence-corrected chi connectivity index (χ3v) is 1.95. The van der Waals surface area contributed by atoms with E-state index < -0.39 is 5.97 Å². The molecule has 0 aromatic carbocycles. The predicted octanol–water partition coefficient (Wildman–Crippen LogP) is 0.799. The number of rotatable bonds is 4. The molecule has 1 rings (SSSR count). The van der Waals surface area contributed by atoms with E-state index in [1.165, 1.54) is 0 Å². The number of nitrogens with zero attached hydrogens (tertiary/aromatic N) is 1.